The van der Waals surface area contributed by atoms with E-state index >= 15 is 0 Å². The zero-order valence-electron chi connectivity index (χ0n) is 10.0. The lowest BCUT2D eigenvalue weighted by Crippen LogP contribution is -2.33. The molecule has 1 rings (SSSR count). The monoisotopic (exact) mass is 281 g/mol. The summed E-state index contributed by atoms with van der Waals surface area (Å²) >= 11 is 0. The number of hydrogen-bond donors (Lipinski definition) is 1. The molecule has 0 aliphatic carbocycles. The Morgan fingerprint density at radius 1 is 1.21 bits per heavy atom. The van der Waals surface area contributed by atoms with Crippen molar-refractivity contribution >= 4 is 11.6 Å². The van der Waals surface area contributed by atoms with E-state index in [4.69, 9.17) is 0 Å². The first-order valence-electron chi connectivity index (χ1n) is 5.53. The summed E-state index contributed by atoms with van der Waals surface area (Å²) in [5.74, 6) is -5.38. The Balaban J connectivity index is 2.98. The Bertz CT molecular complexity index is 456. The summed E-state index contributed by atoms with van der Waals surface area (Å²) in [7, 11) is 0. The SMILES string of the molecule is CCCC(=O)Nc1cccc(C(F)(F)C(F)(F)F)c1. The molecule has 19 heavy (non-hydrogen) atoms. The minimum absolute atomic E-state index is 0.0834. The number of alkyl halides is 5. The first-order valence-corrected chi connectivity index (χ1v) is 5.53. The number of amides is 1. The fourth-order valence-corrected chi connectivity index (χ4v) is 1.41. The fourth-order valence-electron chi connectivity index (χ4n) is 1.41. The van der Waals surface area contributed by atoms with Crippen LogP contribution in [0.3, 0.4) is 0 Å². The van der Waals surface area contributed by atoms with E-state index in [1.54, 1.807) is 6.92 Å². The van der Waals surface area contributed by atoms with Crippen molar-refractivity contribution < 1.29 is 26.7 Å². The van der Waals surface area contributed by atoms with Crippen molar-refractivity contribution in [3.63, 3.8) is 0 Å². The zero-order valence-corrected chi connectivity index (χ0v) is 10.0. The van der Waals surface area contributed by atoms with Crippen LogP contribution in [0.5, 0.6) is 0 Å². The van der Waals surface area contributed by atoms with Gasteiger partial charge in [-0.25, -0.2) is 0 Å². The molecule has 0 heterocycles. The minimum Gasteiger partial charge on any atom is -0.326 e. The standard InChI is InChI=1S/C12H12F5NO/c1-2-4-10(19)18-9-6-3-5-8(7-9)11(13,14)12(15,16)17/h3,5-7H,2,4H2,1H3,(H,18,19). The van der Waals surface area contributed by atoms with Gasteiger partial charge in [0.05, 0.1) is 0 Å². The molecule has 0 unspecified atom stereocenters. The number of benzene rings is 1. The molecule has 0 bridgehead atoms. The highest BCUT2D eigenvalue weighted by Crippen LogP contribution is 2.44. The second-order valence-corrected chi connectivity index (χ2v) is 3.95. The summed E-state index contributed by atoms with van der Waals surface area (Å²) in [5, 5.41) is 2.27. The summed E-state index contributed by atoms with van der Waals surface area (Å²) < 4.78 is 62.8. The second-order valence-electron chi connectivity index (χ2n) is 3.95. The Morgan fingerprint density at radius 3 is 2.37 bits per heavy atom. The van der Waals surface area contributed by atoms with E-state index in [1.807, 2.05) is 0 Å². The van der Waals surface area contributed by atoms with E-state index in [2.05, 4.69) is 5.32 Å². The highest BCUT2D eigenvalue weighted by Gasteiger charge is 2.58. The minimum atomic E-state index is -5.67. The number of rotatable bonds is 4. The van der Waals surface area contributed by atoms with Crippen LogP contribution < -0.4 is 5.32 Å². The molecule has 2 nitrogen and oxygen atoms in total. The predicted molar refractivity (Wildman–Crippen MR) is 59.9 cm³/mol. The van der Waals surface area contributed by atoms with Gasteiger partial charge in [0.25, 0.3) is 0 Å². The van der Waals surface area contributed by atoms with Crippen LogP contribution in [0.15, 0.2) is 24.3 Å². The highest BCUT2D eigenvalue weighted by molar-refractivity contribution is 5.90. The quantitative estimate of drug-likeness (QED) is 0.828. The van der Waals surface area contributed by atoms with Crippen LogP contribution in [0.2, 0.25) is 0 Å². The van der Waals surface area contributed by atoms with E-state index < -0.39 is 23.6 Å². The molecule has 1 aromatic rings. The van der Waals surface area contributed by atoms with E-state index in [9.17, 15) is 26.7 Å². The van der Waals surface area contributed by atoms with E-state index in [-0.39, 0.29) is 12.1 Å². The first kappa shape index (κ1) is 15.4. The average molecular weight is 281 g/mol. The number of nitrogens with one attached hydrogen (secondary N) is 1. The van der Waals surface area contributed by atoms with Crippen molar-refractivity contribution in [2.75, 3.05) is 5.32 Å². The lowest BCUT2D eigenvalue weighted by atomic mass is 10.1. The van der Waals surface area contributed by atoms with Crippen LogP contribution in [0.25, 0.3) is 0 Å². The van der Waals surface area contributed by atoms with Crippen LogP contribution in [0, 0.1) is 0 Å². The molecule has 0 aliphatic rings. The van der Waals surface area contributed by atoms with Crippen molar-refractivity contribution in [2.45, 2.75) is 31.9 Å². The third-order valence-electron chi connectivity index (χ3n) is 2.34. The van der Waals surface area contributed by atoms with Gasteiger partial charge < -0.3 is 5.32 Å². The topological polar surface area (TPSA) is 29.1 Å². The third kappa shape index (κ3) is 3.65. The maximum atomic E-state index is 13.1. The molecule has 0 aromatic heterocycles. The molecule has 0 radical (unpaired) electrons. The van der Waals surface area contributed by atoms with Crippen molar-refractivity contribution in [3.05, 3.63) is 29.8 Å². The molecule has 0 aliphatic heterocycles. The van der Waals surface area contributed by atoms with Crippen LogP contribution in [0.4, 0.5) is 27.6 Å². The normalized spacial score (nSPS) is 12.3. The molecular weight excluding hydrogens is 269 g/mol. The maximum absolute atomic E-state index is 13.1. The van der Waals surface area contributed by atoms with Crippen molar-refractivity contribution in [3.8, 4) is 0 Å². The van der Waals surface area contributed by atoms with Gasteiger partial charge in [-0.2, -0.15) is 22.0 Å². The maximum Gasteiger partial charge on any atom is 0.458 e. The number of carbonyl (C=O) groups is 1. The van der Waals surface area contributed by atoms with Gasteiger partial charge in [-0.05, 0) is 18.6 Å². The van der Waals surface area contributed by atoms with Crippen molar-refractivity contribution in [1.29, 1.82) is 0 Å². The third-order valence-corrected chi connectivity index (χ3v) is 2.34. The van der Waals surface area contributed by atoms with E-state index in [0.717, 1.165) is 6.07 Å². The first-order chi connectivity index (χ1) is 8.68. The number of carbonyl (C=O) groups excluding carboxylic acids is 1. The summed E-state index contributed by atoms with van der Waals surface area (Å²) in [6.07, 6.45) is -4.96. The van der Waals surface area contributed by atoms with Gasteiger partial charge in [0.15, 0.2) is 0 Å². The van der Waals surface area contributed by atoms with Crippen molar-refractivity contribution in [2.24, 2.45) is 0 Å². The molecule has 7 heteroatoms. The van der Waals surface area contributed by atoms with Crippen LogP contribution in [-0.4, -0.2) is 12.1 Å². The summed E-state index contributed by atoms with van der Waals surface area (Å²) in [6.45, 7) is 1.74. The van der Waals surface area contributed by atoms with Gasteiger partial charge in [-0.1, -0.05) is 19.1 Å². The van der Waals surface area contributed by atoms with Gasteiger partial charge >= 0.3 is 12.1 Å². The molecule has 0 spiro atoms. The lowest BCUT2D eigenvalue weighted by Gasteiger charge is -2.20. The second kappa shape index (κ2) is 5.54. The van der Waals surface area contributed by atoms with E-state index in [0.29, 0.717) is 18.6 Å². The van der Waals surface area contributed by atoms with Crippen LogP contribution >= 0.6 is 0 Å². The molecule has 0 fully saturated rings. The zero-order chi connectivity index (χ0) is 14.7. The molecule has 0 saturated heterocycles. The molecule has 1 amide bonds. The van der Waals surface area contributed by atoms with Gasteiger partial charge in [0.2, 0.25) is 5.91 Å². The van der Waals surface area contributed by atoms with Gasteiger partial charge in [-0.3, -0.25) is 4.79 Å². The lowest BCUT2D eigenvalue weighted by molar-refractivity contribution is -0.289. The Morgan fingerprint density at radius 2 is 1.84 bits per heavy atom. The summed E-state index contributed by atoms with van der Waals surface area (Å²) in [5.41, 5.74) is -1.28. The molecule has 106 valence electrons. The Kier molecular flexibility index (Phi) is 4.49. The molecule has 0 saturated carbocycles. The van der Waals surface area contributed by atoms with Crippen LogP contribution in [-0.2, 0) is 10.7 Å². The van der Waals surface area contributed by atoms with E-state index in [1.165, 1.54) is 6.07 Å². The smallest absolute Gasteiger partial charge is 0.326 e. The Hall–Kier alpha value is -1.66. The largest absolute Gasteiger partial charge is 0.458 e. The predicted octanol–water partition coefficient (Wildman–Crippen LogP) is 4.08. The fraction of sp³-hybridized carbons (Fsp3) is 0.417. The number of halogens is 5. The summed E-state index contributed by atoms with van der Waals surface area (Å²) in [4.78, 5) is 11.2. The average Bonchev–Trinajstić information content (AvgIpc) is 2.28. The highest BCUT2D eigenvalue weighted by atomic mass is 19.4. The number of anilines is 1. The molecule has 0 atom stereocenters. The van der Waals surface area contributed by atoms with Gasteiger partial charge in [0.1, 0.15) is 0 Å². The van der Waals surface area contributed by atoms with Gasteiger partial charge in [0, 0.05) is 17.7 Å². The molecule has 1 N–H and O–H groups in total. The van der Waals surface area contributed by atoms with Crippen molar-refractivity contribution in [1.82, 2.24) is 0 Å². The number of hydrogen-bond acceptors (Lipinski definition) is 1. The van der Waals surface area contributed by atoms with Crippen LogP contribution in [0.1, 0.15) is 25.3 Å². The molecule has 1 aromatic carbocycles. The summed E-state index contributed by atoms with van der Waals surface area (Å²) in [6, 6.07) is 3.59. The Labute approximate surface area is 106 Å². The molecular formula is C12H12F5NO. The van der Waals surface area contributed by atoms with Gasteiger partial charge in [-0.15, -0.1) is 0 Å².